The Morgan fingerprint density at radius 3 is 2.66 bits per heavy atom. The molecule has 0 spiro atoms. The zero-order chi connectivity index (χ0) is 20.1. The lowest BCUT2D eigenvalue weighted by Gasteiger charge is -2.28. The molecule has 1 aliphatic heterocycles. The minimum absolute atomic E-state index is 0.0440. The third kappa shape index (κ3) is 4.53. The van der Waals surface area contributed by atoms with E-state index in [4.69, 9.17) is 5.26 Å². The molecule has 1 amide bonds. The van der Waals surface area contributed by atoms with Gasteiger partial charge in [-0.15, -0.1) is 0 Å². The van der Waals surface area contributed by atoms with Crippen LogP contribution in [0.15, 0.2) is 60.8 Å². The first-order chi connectivity index (χ1) is 14.2. The molecular formula is C23H23N5O. The van der Waals surface area contributed by atoms with Crippen LogP contribution in [0.1, 0.15) is 39.4 Å². The number of aromatic nitrogens is 2. The molecule has 6 nitrogen and oxygen atoms in total. The fourth-order valence-corrected chi connectivity index (χ4v) is 3.67. The molecule has 0 saturated carbocycles. The van der Waals surface area contributed by atoms with Gasteiger partial charge in [0, 0.05) is 24.6 Å². The highest BCUT2D eigenvalue weighted by atomic mass is 16.2. The Balaban J connectivity index is 1.49. The van der Waals surface area contributed by atoms with E-state index < -0.39 is 0 Å². The average molecular weight is 385 g/mol. The van der Waals surface area contributed by atoms with Crippen molar-refractivity contribution in [3.05, 3.63) is 89.0 Å². The van der Waals surface area contributed by atoms with Gasteiger partial charge in [-0.2, -0.15) is 5.26 Å². The quantitative estimate of drug-likeness (QED) is 0.683. The van der Waals surface area contributed by atoms with Gasteiger partial charge in [0.2, 0.25) is 0 Å². The molecule has 1 atom stereocenters. The van der Waals surface area contributed by atoms with E-state index >= 15 is 0 Å². The Morgan fingerprint density at radius 2 is 1.97 bits per heavy atom. The first-order valence-corrected chi connectivity index (χ1v) is 9.81. The lowest BCUT2D eigenvalue weighted by molar-refractivity contribution is 0.0673. The largest absolute Gasteiger partial charge is 0.344 e. The van der Waals surface area contributed by atoms with E-state index in [0.29, 0.717) is 24.1 Å². The average Bonchev–Trinajstić information content (AvgIpc) is 3.45. The van der Waals surface area contributed by atoms with Gasteiger partial charge in [-0.1, -0.05) is 30.3 Å². The van der Waals surface area contributed by atoms with Crippen LogP contribution in [-0.4, -0.2) is 39.9 Å². The molecule has 4 rings (SSSR count). The fourth-order valence-electron chi connectivity index (χ4n) is 3.67. The van der Waals surface area contributed by atoms with Crippen LogP contribution in [0, 0.1) is 11.3 Å². The van der Waals surface area contributed by atoms with Crippen molar-refractivity contribution in [1.29, 1.82) is 5.26 Å². The summed E-state index contributed by atoms with van der Waals surface area (Å²) in [6.07, 6.45) is 3.42. The summed E-state index contributed by atoms with van der Waals surface area (Å²) in [7, 11) is 0. The van der Waals surface area contributed by atoms with Crippen LogP contribution in [0.5, 0.6) is 0 Å². The summed E-state index contributed by atoms with van der Waals surface area (Å²) in [6.45, 7) is 2.24. The van der Waals surface area contributed by atoms with E-state index in [2.05, 4.69) is 21.4 Å². The number of nitrogens with zero attached hydrogens (tertiary/aromatic N) is 3. The molecule has 1 unspecified atom stereocenters. The molecule has 1 fully saturated rings. The van der Waals surface area contributed by atoms with Gasteiger partial charge in [0.05, 0.1) is 30.1 Å². The molecule has 146 valence electrons. The molecule has 0 aliphatic carbocycles. The van der Waals surface area contributed by atoms with E-state index in [9.17, 15) is 4.79 Å². The molecule has 1 aliphatic rings. The lowest BCUT2D eigenvalue weighted by atomic mass is 10.1. The number of H-pyrrole nitrogens is 1. The summed E-state index contributed by atoms with van der Waals surface area (Å²) >= 11 is 0. The molecule has 2 N–H and O–H groups in total. The topological polar surface area (TPSA) is 84.8 Å². The predicted octanol–water partition coefficient (Wildman–Crippen LogP) is 2.88. The fraction of sp³-hybridized carbons (Fsp3) is 0.261. The highest BCUT2D eigenvalue weighted by molar-refractivity contribution is 5.94. The predicted molar refractivity (Wildman–Crippen MR) is 110 cm³/mol. The Morgan fingerprint density at radius 1 is 1.17 bits per heavy atom. The highest BCUT2D eigenvalue weighted by Crippen LogP contribution is 2.17. The van der Waals surface area contributed by atoms with Crippen LogP contribution in [0.3, 0.4) is 0 Å². The summed E-state index contributed by atoms with van der Waals surface area (Å²) in [5, 5.41) is 12.3. The van der Waals surface area contributed by atoms with E-state index in [1.165, 1.54) is 0 Å². The maximum Gasteiger partial charge on any atom is 0.254 e. The summed E-state index contributed by atoms with van der Waals surface area (Å²) in [5.41, 5.74) is 3.36. The van der Waals surface area contributed by atoms with Gasteiger partial charge in [0.1, 0.15) is 5.82 Å². The van der Waals surface area contributed by atoms with Crippen LogP contribution in [0.2, 0.25) is 0 Å². The molecule has 0 bridgehead atoms. The second kappa shape index (κ2) is 8.72. The molecule has 1 aromatic heterocycles. The first-order valence-electron chi connectivity index (χ1n) is 9.81. The van der Waals surface area contributed by atoms with E-state index in [1.807, 2.05) is 65.7 Å². The number of imidazole rings is 1. The maximum absolute atomic E-state index is 13.1. The lowest BCUT2D eigenvalue weighted by Crippen LogP contribution is -2.41. The number of rotatable bonds is 6. The smallest absolute Gasteiger partial charge is 0.254 e. The molecule has 0 radical (unpaired) electrons. The molecule has 2 heterocycles. The Bertz CT molecular complexity index is 998. The van der Waals surface area contributed by atoms with Gasteiger partial charge in [-0.25, -0.2) is 4.98 Å². The Kier molecular flexibility index (Phi) is 5.68. The highest BCUT2D eigenvalue weighted by Gasteiger charge is 2.27. The van der Waals surface area contributed by atoms with Gasteiger partial charge >= 0.3 is 0 Å². The van der Waals surface area contributed by atoms with Crippen LogP contribution in [0.25, 0.3) is 0 Å². The molecule has 29 heavy (non-hydrogen) atoms. The standard InChI is InChI=1S/C23H23N5O/c24-13-18-8-6-17(7-9-18)12-22-26-14-20(27-22)16-28(21-10-11-25-15-21)23(29)19-4-2-1-3-5-19/h1-9,14,21,25H,10-12,15-16H2,(H,26,27). The van der Waals surface area contributed by atoms with Gasteiger partial charge in [-0.05, 0) is 42.8 Å². The summed E-state index contributed by atoms with van der Waals surface area (Å²) in [4.78, 5) is 22.9. The zero-order valence-corrected chi connectivity index (χ0v) is 16.1. The normalized spacial score (nSPS) is 15.8. The molecular weight excluding hydrogens is 362 g/mol. The number of hydrogen-bond donors (Lipinski definition) is 2. The Hall–Kier alpha value is -3.43. The van der Waals surface area contributed by atoms with Crippen molar-refractivity contribution in [3.63, 3.8) is 0 Å². The minimum atomic E-state index is 0.0440. The molecule has 3 aromatic rings. The number of amides is 1. The number of hydrogen-bond acceptors (Lipinski definition) is 4. The second-order valence-corrected chi connectivity index (χ2v) is 7.29. The number of nitrogens with one attached hydrogen (secondary N) is 2. The minimum Gasteiger partial charge on any atom is -0.344 e. The van der Waals surface area contributed by atoms with Crippen molar-refractivity contribution in [3.8, 4) is 6.07 Å². The van der Waals surface area contributed by atoms with E-state index in [0.717, 1.165) is 36.6 Å². The summed E-state index contributed by atoms with van der Waals surface area (Å²) in [5.74, 6) is 0.893. The van der Waals surface area contributed by atoms with E-state index in [1.54, 1.807) is 0 Å². The summed E-state index contributed by atoms with van der Waals surface area (Å²) in [6, 6.07) is 19.2. The monoisotopic (exact) mass is 385 g/mol. The van der Waals surface area contributed by atoms with Crippen LogP contribution >= 0.6 is 0 Å². The van der Waals surface area contributed by atoms with Crippen LogP contribution in [0.4, 0.5) is 0 Å². The van der Waals surface area contributed by atoms with Gasteiger partial charge in [0.25, 0.3) is 5.91 Å². The van der Waals surface area contributed by atoms with Gasteiger partial charge < -0.3 is 15.2 Å². The van der Waals surface area contributed by atoms with Crippen molar-refractivity contribution >= 4 is 5.91 Å². The Labute approximate surface area is 170 Å². The number of aromatic amines is 1. The molecule has 1 saturated heterocycles. The number of carbonyl (C=O) groups is 1. The number of benzene rings is 2. The van der Waals surface area contributed by atoms with Crippen molar-refractivity contribution < 1.29 is 4.79 Å². The SMILES string of the molecule is N#Cc1ccc(Cc2ncc(CN(C(=O)c3ccccc3)C3CCNC3)[nH]2)cc1. The van der Waals surface area contributed by atoms with Crippen LogP contribution in [-0.2, 0) is 13.0 Å². The van der Waals surface area contributed by atoms with Crippen molar-refractivity contribution in [2.75, 3.05) is 13.1 Å². The van der Waals surface area contributed by atoms with Crippen LogP contribution < -0.4 is 5.32 Å². The zero-order valence-electron chi connectivity index (χ0n) is 16.1. The van der Waals surface area contributed by atoms with Crippen molar-refractivity contribution in [2.45, 2.75) is 25.4 Å². The van der Waals surface area contributed by atoms with E-state index in [-0.39, 0.29) is 11.9 Å². The third-order valence-electron chi connectivity index (χ3n) is 5.23. The number of nitriles is 1. The van der Waals surface area contributed by atoms with Crippen molar-refractivity contribution in [1.82, 2.24) is 20.2 Å². The number of carbonyl (C=O) groups excluding carboxylic acids is 1. The summed E-state index contributed by atoms with van der Waals surface area (Å²) < 4.78 is 0. The van der Waals surface area contributed by atoms with Gasteiger partial charge in [0.15, 0.2) is 0 Å². The molecule has 6 heteroatoms. The first kappa shape index (κ1) is 18.9. The van der Waals surface area contributed by atoms with Crippen molar-refractivity contribution in [2.24, 2.45) is 0 Å². The third-order valence-corrected chi connectivity index (χ3v) is 5.23. The molecule has 2 aromatic carbocycles. The maximum atomic E-state index is 13.1. The second-order valence-electron chi connectivity index (χ2n) is 7.29. The van der Waals surface area contributed by atoms with Gasteiger partial charge in [-0.3, -0.25) is 4.79 Å².